The fourth-order valence-corrected chi connectivity index (χ4v) is 3.80. The largest absolute Gasteiger partial charge is 0.416 e. The van der Waals surface area contributed by atoms with E-state index in [0.717, 1.165) is 36.9 Å². The molecule has 0 bridgehead atoms. The van der Waals surface area contributed by atoms with Crippen molar-refractivity contribution < 1.29 is 21.6 Å². The van der Waals surface area contributed by atoms with E-state index in [2.05, 4.69) is 4.99 Å². The highest BCUT2D eigenvalue weighted by Crippen LogP contribution is 2.32. The van der Waals surface area contributed by atoms with Crippen LogP contribution in [-0.4, -0.2) is 50.1 Å². The SMILES string of the molecule is CS(=O)(=O)c1cc(CN=C(N)N2CCSCC2)cc(C(F)(F)F)c1.I. The first-order chi connectivity index (χ1) is 11.1. The fourth-order valence-electron chi connectivity index (χ4n) is 2.19. The van der Waals surface area contributed by atoms with Gasteiger partial charge < -0.3 is 10.6 Å². The van der Waals surface area contributed by atoms with Crippen LogP contribution in [0.5, 0.6) is 0 Å². The maximum atomic E-state index is 13.0. The van der Waals surface area contributed by atoms with Crippen LogP contribution in [0.25, 0.3) is 0 Å². The van der Waals surface area contributed by atoms with Crippen molar-refractivity contribution in [2.45, 2.75) is 17.6 Å². The summed E-state index contributed by atoms with van der Waals surface area (Å²) < 4.78 is 62.1. The third kappa shape index (κ3) is 6.51. The van der Waals surface area contributed by atoms with Gasteiger partial charge in [-0.3, -0.25) is 0 Å². The van der Waals surface area contributed by atoms with Gasteiger partial charge in [0.2, 0.25) is 0 Å². The Morgan fingerprint density at radius 1 is 1.28 bits per heavy atom. The average Bonchev–Trinajstić information content (AvgIpc) is 2.51. The second-order valence-corrected chi connectivity index (χ2v) is 8.65. The zero-order valence-electron chi connectivity index (χ0n) is 13.4. The van der Waals surface area contributed by atoms with Crippen LogP contribution >= 0.6 is 35.7 Å². The highest BCUT2D eigenvalue weighted by Gasteiger charge is 2.32. The molecule has 0 unspecified atom stereocenters. The highest BCUT2D eigenvalue weighted by atomic mass is 127. The van der Waals surface area contributed by atoms with Crippen LogP contribution in [0.3, 0.4) is 0 Å². The first kappa shape index (κ1) is 22.4. The van der Waals surface area contributed by atoms with Crippen LogP contribution in [0.4, 0.5) is 13.2 Å². The quantitative estimate of drug-likeness (QED) is 0.385. The van der Waals surface area contributed by atoms with Crippen molar-refractivity contribution in [3.63, 3.8) is 0 Å². The molecular formula is C14H19F3IN3O2S2. The van der Waals surface area contributed by atoms with E-state index in [1.807, 2.05) is 4.90 Å². The van der Waals surface area contributed by atoms with Crippen molar-refractivity contribution in [2.24, 2.45) is 10.7 Å². The van der Waals surface area contributed by atoms with E-state index in [-0.39, 0.29) is 46.9 Å². The minimum absolute atomic E-state index is 0. The van der Waals surface area contributed by atoms with E-state index in [9.17, 15) is 21.6 Å². The Morgan fingerprint density at radius 3 is 2.40 bits per heavy atom. The number of nitrogens with zero attached hydrogens (tertiary/aromatic N) is 2. The Balaban J connectivity index is 0.00000312. The van der Waals surface area contributed by atoms with Gasteiger partial charge in [0.15, 0.2) is 15.8 Å². The number of halogens is 4. The maximum absolute atomic E-state index is 13.0. The molecule has 142 valence electrons. The second-order valence-electron chi connectivity index (χ2n) is 5.41. The number of thioether (sulfide) groups is 1. The number of hydrogen-bond acceptors (Lipinski definition) is 4. The van der Waals surface area contributed by atoms with Crippen molar-refractivity contribution in [1.82, 2.24) is 4.90 Å². The monoisotopic (exact) mass is 509 g/mol. The smallest absolute Gasteiger partial charge is 0.370 e. The summed E-state index contributed by atoms with van der Waals surface area (Å²) in [5.74, 6) is 2.09. The van der Waals surface area contributed by atoms with E-state index in [4.69, 9.17) is 5.73 Å². The van der Waals surface area contributed by atoms with Gasteiger partial charge in [0.1, 0.15) is 0 Å². The van der Waals surface area contributed by atoms with E-state index < -0.39 is 21.6 Å². The number of sulfone groups is 1. The number of aliphatic imine (C=N–C) groups is 1. The molecule has 0 aromatic heterocycles. The number of nitrogens with two attached hydrogens (primary N) is 1. The first-order valence-electron chi connectivity index (χ1n) is 7.11. The van der Waals surface area contributed by atoms with Gasteiger partial charge in [-0.15, -0.1) is 24.0 Å². The topological polar surface area (TPSA) is 75.8 Å². The van der Waals surface area contributed by atoms with Crippen LogP contribution in [0.1, 0.15) is 11.1 Å². The summed E-state index contributed by atoms with van der Waals surface area (Å²) in [6, 6.07) is 2.73. The Morgan fingerprint density at radius 2 is 1.88 bits per heavy atom. The number of rotatable bonds is 3. The maximum Gasteiger partial charge on any atom is 0.416 e. The average molecular weight is 509 g/mol. The molecule has 1 saturated heterocycles. The van der Waals surface area contributed by atoms with Gasteiger partial charge >= 0.3 is 6.18 Å². The van der Waals surface area contributed by atoms with E-state index in [0.29, 0.717) is 6.07 Å². The zero-order valence-corrected chi connectivity index (χ0v) is 17.4. The van der Waals surface area contributed by atoms with Crippen LogP contribution in [0, 0.1) is 0 Å². The molecule has 1 fully saturated rings. The van der Waals surface area contributed by atoms with Gasteiger partial charge in [0, 0.05) is 30.9 Å². The number of benzene rings is 1. The third-order valence-corrected chi connectivity index (χ3v) is 5.52. The third-order valence-electron chi connectivity index (χ3n) is 3.48. The minimum atomic E-state index is -4.63. The molecule has 1 heterocycles. The standard InChI is InChI=1S/C14H18F3N3O2S2.HI/c1-24(21,22)12-7-10(6-11(8-12)14(15,16)17)9-19-13(18)20-2-4-23-5-3-20;/h6-8H,2-5,9H2,1H3,(H2,18,19);1H. The molecule has 0 saturated carbocycles. The molecule has 0 amide bonds. The molecule has 11 heteroatoms. The molecule has 1 aliphatic rings. The van der Waals surface area contributed by atoms with Gasteiger partial charge in [-0.25, -0.2) is 13.4 Å². The molecule has 1 aliphatic heterocycles. The molecule has 1 aromatic rings. The Bertz CT molecular complexity index is 733. The van der Waals surface area contributed by atoms with Gasteiger partial charge in [-0.2, -0.15) is 24.9 Å². The molecule has 2 rings (SSSR count). The summed E-state index contributed by atoms with van der Waals surface area (Å²) in [6.07, 6.45) is -3.76. The summed E-state index contributed by atoms with van der Waals surface area (Å²) in [7, 11) is -3.76. The van der Waals surface area contributed by atoms with E-state index >= 15 is 0 Å². The second kappa shape index (κ2) is 8.80. The molecular weight excluding hydrogens is 490 g/mol. The van der Waals surface area contributed by atoms with Gasteiger partial charge in [-0.1, -0.05) is 0 Å². The summed E-state index contributed by atoms with van der Waals surface area (Å²) in [5.41, 5.74) is 5.01. The lowest BCUT2D eigenvalue weighted by molar-refractivity contribution is -0.137. The molecule has 1 aromatic carbocycles. The fraction of sp³-hybridized carbons (Fsp3) is 0.500. The minimum Gasteiger partial charge on any atom is -0.370 e. The summed E-state index contributed by atoms with van der Waals surface area (Å²) in [5, 5.41) is 0. The molecule has 0 aliphatic carbocycles. The van der Waals surface area contributed by atoms with Crippen molar-refractivity contribution in [3.8, 4) is 0 Å². The van der Waals surface area contributed by atoms with E-state index in [1.165, 1.54) is 6.07 Å². The van der Waals surface area contributed by atoms with Gasteiger partial charge in [-0.05, 0) is 23.8 Å². The number of alkyl halides is 3. The molecule has 0 radical (unpaired) electrons. The van der Waals surface area contributed by atoms with Crippen molar-refractivity contribution >= 4 is 51.5 Å². The lowest BCUT2D eigenvalue weighted by atomic mass is 10.1. The summed E-state index contributed by atoms with van der Waals surface area (Å²) in [6.45, 7) is 1.36. The van der Waals surface area contributed by atoms with Crippen LogP contribution in [-0.2, 0) is 22.6 Å². The van der Waals surface area contributed by atoms with E-state index in [1.54, 1.807) is 11.8 Å². The summed E-state index contributed by atoms with van der Waals surface area (Å²) >= 11 is 1.80. The Kier molecular flexibility index (Phi) is 7.87. The van der Waals surface area contributed by atoms with Gasteiger partial charge in [0.25, 0.3) is 0 Å². The van der Waals surface area contributed by atoms with Gasteiger partial charge in [0.05, 0.1) is 17.0 Å². The van der Waals surface area contributed by atoms with Crippen molar-refractivity contribution in [2.75, 3.05) is 30.9 Å². The normalized spacial score (nSPS) is 16.5. The zero-order chi connectivity index (χ0) is 18.0. The first-order valence-corrected chi connectivity index (χ1v) is 10.2. The molecule has 25 heavy (non-hydrogen) atoms. The number of hydrogen-bond donors (Lipinski definition) is 1. The van der Waals surface area contributed by atoms with Crippen LogP contribution < -0.4 is 5.73 Å². The van der Waals surface area contributed by atoms with Crippen molar-refractivity contribution in [3.05, 3.63) is 29.3 Å². The molecule has 5 nitrogen and oxygen atoms in total. The highest BCUT2D eigenvalue weighted by molar-refractivity contribution is 14.0. The van der Waals surface area contributed by atoms with Crippen LogP contribution in [0.2, 0.25) is 0 Å². The lowest BCUT2D eigenvalue weighted by Gasteiger charge is -2.27. The predicted molar refractivity (Wildman–Crippen MR) is 104 cm³/mol. The number of guanidine groups is 1. The molecule has 2 N–H and O–H groups in total. The molecule has 0 atom stereocenters. The Labute approximate surface area is 166 Å². The summed E-state index contributed by atoms with van der Waals surface area (Å²) in [4.78, 5) is 5.60. The van der Waals surface area contributed by atoms with Crippen molar-refractivity contribution in [1.29, 1.82) is 0 Å². The molecule has 0 spiro atoms. The Hall–Kier alpha value is -0.690. The predicted octanol–water partition coefficient (Wildman–Crippen LogP) is 2.59. The van der Waals surface area contributed by atoms with Crippen LogP contribution in [0.15, 0.2) is 28.1 Å². The lowest BCUT2D eigenvalue weighted by Crippen LogP contribution is -2.42.